The molecular formula is C25H19N7O5. The van der Waals surface area contributed by atoms with Gasteiger partial charge < -0.3 is 10.6 Å². The summed E-state index contributed by atoms with van der Waals surface area (Å²) in [6, 6.07) is 20.1. The Kier molecular flexibility index (Phi) is 5.99. The molecule has 0 fully saturated rings. The highest BCUT2D eigenvalue weighted by atomic mass is 16.6. The van der Waals surface area contributed by atoms with Gasteiger partial charge in [-0.2, -0.15) is 0 Å². The van der Waals surface area contributed by atoms with Crippen molar-refractivity contribution in [3.63, 3.8) is 0 Å². The predicted molar refractivity (Wildman–Crippen MR) is 135 cm³/mol. The molecule has 1 aliphatic heterocycles. The molecule has 0 bridgehead atoms. The molecule has 3 aromatic carbocycles. The lowest BCUT2D eigenvalue weighted by molar-refractivity contribution is -0.394. The van der Waals surface area contributed by atoms with Gasteiger partial charge in [-0.15, -0.1) is 0 Å². The Bertz CT molecular complexity index is 1560. The first kappa shape index (κ1) is 23.5. The largest absolute Gasteiger partial charge is 0.303 e. The zero-order chi connectivity index (χ0) is 26.1. The second-order valence-corrected chi connectivity index (χ2v) is 8.19. The average molecular weight is 497 g/mol. The number of nitro groups is 2. The monoisotopic (exact) mass is 497 g/mol. The summed E-state index contributed by atoms with van der Waals surface area (Å²) < 4.78 is 1.39. The Morgan fingerprint density at radius 3 is 2.38 bits per heavy atom. The molecule has 12 heteroatoms. The molecule has 0 radical (unpaired) electrons. The maximum Gasteiger partial charge on any atom is 0.300 e. The molecule has 1 atom stereocenters. The summed E-state index contributed by atoms with van der Waals surface area (Å²) >= 11 is 0. The summed E-state index contributed by atoms with van der Waals surface area (Å²) in [5.41, 5.74) is 8.58. The third kappa shape index (κ3) is 4.44. The third-order valence-electron chi connectivity index (χ3n) is 5.89. The van der Waals surface area contributed by atoms with Crippen LogP contribution in [0.4, 0.5) is 17.1 Å². The number of aromatic nitrogens is 2. The van der Waals surface area contributed by atoms with Crippen LogP contribution in [0.25, 0.3) is 5.69 Å². The van der Waals surface area contributed by atoms with E-state index in [4.69, 9.17) is 5.73 Å². The quantitative estimate of drug-likeness (QED) is 0.315. The molecule has 2 N–H and O–H groups in total. The predicted octanol–water partition coefficient (Wildman–Crippen LogP) is 3.36. The number of aliphatic imine (C=N–C) groups is 1. The number of imidazole rings is 1. The SMILES string of the molecule is NC1N=C(c2ccccc2)c2ccccc2N(Cc2cn(-c3ccc([N+](=O)[O-])cc3[N+](=O)[O-])cn2)C1=O. The van der Waals surface area contributed by atoms with E-state index in [0.717, 1.165) is 17.2 Å². The van der Waals surface area contributed by atoms with Crippen molar-refractivity contribution < 1.29 is 14.6 Å². The van der Waals surface area contributed by atoms with Crippen molar-refractivity contribution in [2.75, 3.05) is 4.90 Å². The minimum absolute atomic E-state index is 0.0227. The molecule has 0 spiro atoms. The fourth-order valence-electron chi connectivity index (χ4n) is 4.17. The lowest BCUT2D eigenvalue weighted by atomic mass is 10.0. The fraction of sp³-hybridized carbons (Fsp3) is 0.0800. The molecule has 0 saturated carbocycles. The number of carbonyl (C=O) groups excluding carboxylic acids is 1. The third-order valence-corrected chi connectivity index (χ3v) is 5.89. The Balaban J connectivity index is 1.52. The number of nitrogens with two attached hydrogens (primary N) is 1. The van der Waals surface area contributed by atoms with E-state index in [2.05, 4.69) is 9.98 Å². The van der Waals surface area contributed by atoms with Crippen LogP contribution in [0.3, 0.4) is 0 Å². The van der Waals surface area contributed by atoms with E-state index in [1.54, 1.807) is 12.1 Å². The van der Waals surface area contributed by atoms with E-state index in [0.29, 0.717) is 17.1 Å². The van der Waals surface area contributed by atoms with Crippen molar-refractivity contribution in [2.24, 2.45) is 10.7 Å². The van der Waals surface area contributed by atoms with Crippen LogP contribution in [-0.4, -0.2) is 37.2 Å². The van der Waals surface area contributed by atoms with Crippen LogP contribution >= 0.6 is 0 Å². The molecule has 1 aliphatic rings. The minimum atomic E-state index is -1.15. The highest BCUT2D eigenvalue weighted by Crippen LogP contribution is 2.30. The summed E-state index contributed by atoms with van der Waals surface area (Å²) in [4.78, 5) is 44.9. The van der Waals surface area contributed by atoms with E-state index in [1.165, 1.54) is 34.1 Å². The summed E-state index contributed by atoms with van der Waals surface area (Å²) in [5, 5.41) is 22.6. The lowest BCUT2D eigenvalue weighted by Gasteiger charge is -2.23. The van der Waals surface area contributed by atoms with Gasteiger partial charge in [0, 0.05) is 23.4 Å². The first-order chi connectivity index (χ1) is 17.8. The Hall–Kier alpha value is -5.23. The molecule has 184 valence electrons. The molecule has 1 aromatic heterocycles. The van der Waals surface area contributed by atoms with Crippen LogP contribution in [0.2, 0.25) is 0 Å². The molecule has 2 heterocycles. The summed E-state index contributed by atoms with van der Waals surface area (Å²) in [6.07, 6.45) is 1.73. The van der Waals surface area contributed by atoms with Crippen LogP contribution < -0.4 is 10.6 Å². The van der Waals surface area contributed by atoms with Crippen LogP contribution in [0, 0.1) is 20.2 Å². The normalized spacial score (nSPS) is 15.1. The van der Waals surface area contributed by atoms with Crippen LogP contribution in [0.1, 0.15) is 16.8 Å². The topological polar surface area (TPSA) is 163 Å². The maximum absolute atomic E-state index is 13.3. The van der Waals surface area contributed by atoms with Gasteiger partial charge in [-0.05, 0) is 12.1 Å². The van der Waals surface area contributed by atoms with Crippen molar-refractivity contribution in [3.8, 4) is 5.69 Å². The zero-order valence-electron chi connectivity index (χ0n) is 19.2. The Morgan fingerprint density at radius 2 is 1.65 bits per heavy atom. The maximum atomic E-state index is 13.3. The van der Waals surface area contributed by atoms with E-state index < -0.39 is 33.3 Å². The zero-order valence-corrected chi connectivity index (χ0v) is 19.2. The number of para-hydroxylation sites is 1. The number of non-ortho nitro benzene ring substituents is 1. The highest BCUT2D eigenvalue weighted by Gasteiger charge is 2.30. The van der Waals surface area contributed by atoms with E-state index >= 15 is 0 Å². The van der Waals surface area contributed by atoms with E-state index in [-0.39, 0.29) is 12.2 Å². The van der Waals surface area contributed by atoms with Gasteiger partial charge in [0.15, 0.2) is 6.17 Å². The number of nitro benzene ring substituents is 2. The number of benzodiazepines with no additional fused rings is 1. The molecule has 0 saturated heterocycles. The van der Waals surface area contributed by atoms with Gasteiger partial charge in [0.1, 0.15) is 5.69 Å². The van der Waals surface area contributed by atoms with Crippen molar-refractivity contribution in [1.82, 2.24) is 9.55 Å². The summed E-state index contributed by atoms with van der Waals surface area (Å²) in [7, 11) is 0. The number of hydrogen-bond acceptors (Lipinski definition) is 8. The Morgan fingerprint density at radius 1 is 0.919 bits per heavy atom. The van der Waals surface area contributed by atoms with Crippen molar-refractivity contribution in [2.45, 2.75) is 12.7 Å². The Labute approximate surface area is 209 Å². The number of amides is 1. The van der Waals surface area contributed by atoms with Crippen molar-refractivity contribution in [1.29, 1.82) is 0 Å². The molecule has 12 nitrogen and oxygen atoms in total. The second-order valence-electron chi connectivity index (χ2n) is 8.19. The average Bonchev–Trinajstić information content (AvgIpc) is 3.35. The molecular weight excluding hydrogens is 478 g/mol. The minimum Gasteiger partial charge on any atom is -0.303 e. The molecule has 37 heavy (non-hydrogen) atoms. The molecule has 0 aliphatic carbocycles. The fourth-order valence-corrected chi connectivity index (χ4v) is 4.17. The van der Waals surface area contributed by atoms with Gasteiger partial charge in [-0.25, -0.2) is 4.98 Å². The molecule has 1 unspecified atom stereocenters. The molecule has 5 rings (SSSR count). The van der Waals surface area contributed by atoms with Crippen LogP contribution in [0.15, 0.2) is 90.3 Å². The standard InChI is InChI=1S/C25H19N7O5/c26-24-25(33)30(20-9-5-4-8-19(20)23(28-24)16-6-2-1-3-7-16)14-17-13-29(15-27-17)21-11-10-18(31(34)35)12-22(21)32(36)37/h1-13,15,24H,14,26H2. The summed E-state index contributed by atoms with van der Waals surface area (Å²) in [6.45, 7) is 0.0227. The first-order valence-electron chi connectivity index (χ1n) is 11.1. The van der Waals surface area contributed by atoms with Crippen LogP contribution in [0.5, 0.6) is 0 Å². The van der Waals surface area contributed by atoms with Crippen molar-refractivity contribution >= 4 is 28.7 Å². The summed E-state index contributed by atoms with van der Waals surface area (Å²) in [5.74, 6) is -0.436. The van der Waals surface area contributed by atoms with Gasteiger partial charge in [-0.1, -0.05) is 48.5 Å². The van der Waals surface area contributed by atoms with E-state index in [1.807, 2.05) is 42.5 Å². The second kappa shape index (κ2) is 9.43. The lowest BCUT2D eigenvalue weighted by Crippen LogP contribution is -2.42. The molecule has 4 aromatic rings. The number of benzene rings is 3. The molecule has 1 amide bonds. The number of fused-ring (bicyclic) bond motifs is 1. The highest BCUT2D eigenvalue weighted by molar-refractivity contribution is 6.20. The van der Waals surface area contributed by atoms with Gasteiger partial charge in [0.2, 0.25) is 0 Å². The number of rotatable bonds is 6. The van der Waals surface area contributed by atoms with Gasteiger partial charge in [0.05, 0.1) is 45.9 Å². The van der Waals surface area contributed by atoms with Gasteiger partial charge in [-0.3, -0.25) is 34.6 Å². The first-order valence-corrected chi connectivity index (χ1v) is 11.1. The number of carbonyl (C=O) groups is 1. The number of nitrogens with zero attached hydrogens (tertiary/aromatic N) is 6. The number of anilines is 1. The van der Waals surface area contributed by atoms with Gasteiger partial charge in [0.25, 0.3) is 17.3 Å². The number of hydrogen-bond donors (Lipinski definition) is 1. The van der Waals surface area contributed by atoms with Crippen LogP contribution in [-0.2, 0) is 11.3 Å². The van der Waals surface area contributed by atoms with E-state index in [9.17, 15) is 25.0 Å². The van der Waals surface area contributed by atoms with Gasteiger partial charge >= 0.3 is 0 Å². The smallest absolute Gasteiger partial charge is 0.300 e. The van der Waals surface area contributed by atoms with Crippen molar-refractivity contribution in [3.05, 3.63) is 122 Å².